The number of carbonyl (C=O) groups is 2. The fourth-order valence-electron chi connectivity index (χ4n) is 2.83. The third-order valence-electron chi connectivity index (χ3n) is 3.81. The number of hydrogen-bond donors (Lipinski definition) is 1. The summed E-state index contributed by atoms with van der Waals surface area (Å²) in [6.45, 7) is 1.46. The summed E-state index contributed by atoms with van der Waals surface area (Å²) >= 11 is 7.70. The van der Waals surface area contributed by atoms with Gasteiger partial charge in [-0.2, -0.15) is 0 Å². The Morgan fingerprint density at radius 2 is 1.91 bits per heavy atom. The van der Waals surface area contributed by atoms with Crippen molar-refractivity contribution >= 4 is 39.6 Å². The van der Waals surface area contributed by atoms with Crippen LogP contribution in [0, 0.1) is 0 Å². The molecule has 114 valence electrons. The van der Waals surface area contributed by atoms with Crippen molar-refractivity contribution in [3.8, 4) is 0 Å². The number of benzene rings is 1. The Bertz CT molecular complexity index is 751. The second-order valence-electron chi connectivity index (χ2n) is 5.41. The first-order chi connectivity index (χ1) is 10.6. The van der Waals surface area contributed by atoms with Crippen LogP contribution in [0.4, 0.5) is 5.00 Å². The van der Waals surface area contributed by atoms with Gasteiger partial charge in [0.25, 0.3) is 0 Å². The van der Waals surface area contributed by atoms with Crippen LogP contribution in [0.25, 0.3) is 0 Å². The van der Waals surface area contributed by atoms with E-state index in [2.05, 4.69) is 5.32 Å². The van der Waals surface area contributed by atoms with E-state index < -0.39 is 0 Å². The van der Waals surface area contributed by atoms with E-state index in [1.807, 2.05) is 0 Å². The monoisotopic (exact) mass is 333 g/mol. The third-order valence-corrected chi connectivity index (χ3v) is 5.34. The van der Waals surface area contributed by atoms with Crippen LogP contribution < -0.4 is 5.32 Å². The summed E-state index contributed by atoms with van der Waals surface area (Å²) in [4.78, 5) is 25.6. The molecular weight excluding hydrogens is 318 g/mol. The van der Waals surface area contributed by atoms with Crippen molar-refractivity contribution in [1.29, 1.82) is 0 Å². The number of nitrogens with one attached hydrogen (secondary N) is 1. The van der Waals surface area contributed by atoms with E-state index in [4.69, 9.17) is 11.6 Å². The minimum atomic E-state index is -0.160. The first-order valence-electron chi connectivity index (χ1n) is 7.29. The Kier molecular flexibility index (Phi) is 4.32. The molecule has 0 aliphatic heterocycles. The molecule has 3 nitrogen and oxygen atoms in total. The average molecular weight is 334 g/mol. The van der Waals surface area contributed by atoms with Gasteiger partial charge in [0.1, 0.15) is 5.00 Å². The molecule has 0 atom stereocenters. The largest absolute Gasteiger partial charge is 0.317 e. The van der Waals surface area contributed by atoms with Gasteiger partial charge < -0.3 is 5.32 Å². The molecule has 1 aromatic carbocycles. The van der Waals surface area contributed by atoms with Crippen molar-refractivity contribution < 1.29 is 9.59 Å². The number of anilines is 1. The summed E-state index contributed by atoms with van der Waals surface area (Å²) in [5.74, 6) is -0.263. The molecular formula is C17H16ClNO2S. The predicted molar refractivity (Wildman–Crippen MR) is 90.1 cm³/mol. The van der Waals surface area contributed by atoms with E-state index in [1.165, 1.54) is 23.1 Å². The molecule has 5 heteroatoms. The van der Waals surface area contributed by atoms with Crippen molar-refractivity contribution in [3.05, 3.63) is 50.9 Å². The van der Waals surface area contributed by atoms with Crippen LogP contribution in [0.1, 0.15) is 46.1 Å². The van der Waals surface area contributed by atoms with Gasteiger partial charge in [-0.25, -0.2) is 0 Å². The molecule has 0 bridgehead atoms. The number of rotatable bonds is 3. The maximum absolute atomic E-state index is 13.0. The molecule has 1 heterocycles. The molecule has 1 aliphatic rings. The number of thiophene rings is 1. The molecule has 1 aromatic heterocycles. The highest BCUT2D eigenvalue weighted by molar-refractivity contribution is 7.17. The molecule has 22 heavy (non-hydrogen) atoms. The summed E-state index contributed by atoms with van der Waals surface area (Å²) < 4.78 is 0. The van der Waals surface area contributed by atoms with Crippen LogP contribution in [0.3, 0.4) is 0 Å². The van der Waals surface area contributed by atoms with E-state index in [0.717, 1.165) is 31.2 Å². The standard InChI is InChI=1S/C17H16ClNO2S/c1-10(20)19-17-15(12-7-3-5-9-14(12)22-17)16(21)11-6-2-4-8-13(11)18/h2,4,6,8H,3,5,7,9H2,1H3,(H,19,20). The maximum Gasteiger partial charge on any atom is 0.221 e. The topological polar surface area (TPSA) is 46.2 Å². The Morgan fingerprint density at radius 1 is 1.18 bits per heavy atom. The van der Waals surface area contributed by atoms with Crippen LogP contribution in [-0.4, -0.2) is 11.7 Å². The number of carbonyl (C=O) groups excluding carboxylic acids is 2. The zero-order valence-corrected chi connectivity index (χ0v) is 13.8. The Morgan fingerprint density at radius 3 is 2.64 bits per heavy atom. The average Bonchev–Trinajstić information content (AvgIpc) is 2.84. The van der Waals surface area contributed by atoms with Crippen molar-refractivity contribution in [3.63, 3.8) is 0 Å². The van der Waals surface area contributed by atoms with Gasteiger partial charge in [0.15, 0.2) is 5.78 Å². The fraction of sp³-hybridized carbons (Fsp3) is 0.294. The van der Waals surface area contributed by atoms with Crippen LogP contribution >= 0.6 is 22.9 Å². The van der Waals surface area contributed by atoms with Gasteiger partial charge in [-0.05, 0) is 43.4 Å². The molecule has 3 rings (SSSR count). The molecule has 1 aliphatic carbocycles. The first-order valence-corrected chi connectivity index (χ1v) is 8.48. The van der Waals surface area contributed by atoms with Crippen molar-refractivity contribution in [2.75, 3.05) is 5.32 Å². The minimum Gasteiger partial charge on any atom is -0.317 e. The van der Waals surface area contributed by atoms with Crippen LogP contribution in [0.2, 0.25) is 5.02 Å². The van der Waals surface area contributed by atoms with Crippen molar-refractivity contribution in [1.82, 2.24) is 0 Å². The Hall–Kier alpha value is -1.65. The van der Waals surface area contributed by atoms with Crippen LogP contribution in [0.5, 0.6) is 0 Å². The summed E-state index contributed by atoms with van der Waals surface area (Å²) in [5.41, 5.74) is 2.20. The van der Waals surface area contributed by atoms with Crippen molar-refractivity contribution in [2.45, 2.75) is 32.6 Å². The summed E-state index contributed by atoms with van der Waals surface area (Å²) in [6, 6.07) is 7.05. The molecule has 0 fully saturated rings. The van der Waals surface area contributed by atoms with Crippen LogP contribution in [0.15, 0.2) is 24.3 Å². The molecule has 1 N–H and O–H groups in total. The van der Waals surface area contributed by atoms with E-state index >= 15 is 0 Å². The van der Waals surface area contributed by atoms with Gasteiger partial charge in [-0.3, -0.25) is 9.59 Å². The summed E-state index contributed by atoms with van der Waals surface area (Å²) in [6.07, 6.45) is 4.07. The zero-order valence-electron chi connectivity index (χ0n) is 12.2. The van der Waals surface area contributed by atoms with Gasteiger partial charge >= 0.3 is 0 Å². The zero-order chi connectivity index (χ0) is 15.7. The lowest BCUT2D eigenvalue weighted by Gasteiger charge is -2.13. The number of amides is 1. The van der Waals surface area contributed by atoms with E-state index in [0.29, 0.717) is 21.2 Å². The second kappa shape index (κ2) is 6.23. The number of fused-ring (bicyclic) bond motifs is 1. The maximum atomic E-state index is 13.0. The lowest BCUT2D eigenvalue weighted by molar-refractivity contribution is -0.114. The Balaban J connectivity index is 2.12. The highest BCUT2D eigenvalue weighted by Crippen LogP contribution is 2.39. The van der Waals surface area contributed by atoms with Gasteiger partial charge in [0, 0.05) is 17.4 Å². The van der Waals surface area contributed by atoms with Gasteiger partial charge in [-0.1, -0.05) is 23.7 Å². The molecule has 0 unspecified atom stereocenters. The number of aryl methyl sites for hydroxylation is 1. The highest BCUT2D eigenvalue weighted by atomic mass is 35.5. The lowest BCUT2D eigenvalue weighted by atomic mass is 9.92. The number of halogens is 1. The normalized spacial score (nSPS) is 13.5. The molecule has 0 saturated carbocycles. The van der Waals surface area contributed by atoms with E-state index in [-0.39, 0.29) is 11.7 Å². The van der Waals surface area contributed by atoms with Gasteiger partial charge in [0.2, 0.25) is 5.91 Å². The molecule has 2 aromatic rings. The SMILES string of the molecule is CC(=O)Nc1sc2c(c1C(=O)c1ccccc1Cl)CCCC2. The minimum absolute atomic E-state index is 0.103. The lowest BCUT2D eigenvalue weighted by Crippen LogP contribution is -2.12. The molecule has 0 spiro atoms. The van der Waals surface area contributed by atoms with E-state index in [9.17, 15) is 9.59 Å². The predicted octanol–water partition coefficient (Wildman–Crippen LogP) is 4.47. The Labute approximate surface area is 138 Å². The third kappa shape index (κ3) is 2.81. The summed E-state index contributed by atoms with van der Waals surface area (Å²) in [7, 11) is 0. The highest BCUT2D eigenvalue weighted by Gasteiger charge is 2.27. The molecule has 0 radical (unpaired) electrons. The number of ketones is 1. The van der Waals surface area contributed by atoms with Crippen molar-refractivity contribution in [2.24, 2.45) is 0 Å². The van der Waals surface area contributed by atoms with Gasteiger partial charge in [0.05, 0.1) is 10.6 Å². The fourth-order valence-corrected chi connectivity index (χ4v) is 4.39. The summed E-state index contributed by atoms with van der Waals surface area (Å²) in [5, 5.41) is 3.91. The second-order valence-corrected chi connectivity index (χ2v) is 6.92. The van der Waals surface area contributed by atoms with E-state index in [1.54, 1.807) is 24.3 Å². The van der Waals surface area contributed by atoms with Crippen LogP contribution in [-0.2, 0) is 17.6 Å². The number of hydrogen-bond acceptors (Lipinski definition) is 3. The molecule has 0 saturated heterocycles. The smallest absolute Gasteiger partial charge is 0.221 e. The molecule has 1 amide bonds. The van der Waals surface area contributed by atoms with Gasteiger partial charge in [-0.15, -0.1) is 11.3 Å². The first kappa shape index (κ1) is 15.3. The quantitative estimate of drug-likeness (QED) is 0.842.